The molecule has 5 nitrogen and oxygen atoms in total. The highest BCUT2D eigenvalue weighted by atomic mass is 16.5. The first-order chi connectivity index (χ1) is 10.8. The lowest BCUT2D eigenvalue weighted by Gasteiger charge is -2.28. The Bertz CT molecular complexity index is 669. The van der Waals surface area contributed by atoms with Crippen LogP contribution in [0.5, 0.6) is 0 Å². The maximum atomic E-state index is 12.1. The summed E-state index contributed by atoms with van der Waals surface area (Å²) in [5, 5.41) is 10.0. The Labute approximate surface area is 135 Å². The van der Waals surface area contributed by atoms with E-state index in [-0.39, 0.29) is 28.5 Å². The first kappa shape index (κ1) is 16.9. The van der Waals surface area contributed by atoms with E-state index < -0.39 is 0 Å². The molecule has 0 saturated heterocycles. The van der Waals surface area contributed by atoms with Crippen LogP contribution in [0.2, 0.25) is 0 Å². The third-order valence-corrected chi connectivity index (χ3v) is 3.62. The van der Waals surface area contributed by atoms with Crippen molar-refractivity contribution in [3.05, 3.63) is 41.2 Å². The van der Waals surface area contributed by atoms with Gasteiger partial charge in [-0.25, -0.2) is 4.79 Å². The van der Waals surface area contributed by atoms with E-state index in [4.69, 9.17) is 4.74 Å². The van der Waals surface area contributed by atoms with E-state index >= 15 is 0 Å². The van der Waals surface area contributed by atoms with Crippen LogP contribution in [0, 0.1) is 5.41 Å². The number of esters is 1. The summed E-state index contributed by atoms with van der Waals surface area (Å²) in [6.45, 7) is 5.97. The van der Waals surface area contributed by atoms with E-state index in [9.17, 15) is 14.7 Å². The molecule has 2 rings (SSSR count). The third kappa shape index (κ3) is 4.28. The fraction of sp³-hybridized carbons (Fsp3) is 0.389. The summed E-state index contributed by atoms with van der Waals surface area (Å²) in [5.74, 6) is -0.406. The van der Waals surface area contributed by atoms with Gasteiger partial charge in [0, 0.05) is 19.1 Å². The van der Waals surface area contributed by atoms with Gasteiger partial charge in [0.05, 0.1) is 23.4 Å². The predicted molar refractivity (Wildman–Crippen MR) is 88.2 cm³/mol. The minimum Gasteiger partial charge on any atom is -0.511 e. The lowest BCUT2D eigenvalue weighted by Crippen LogP contribution is -2.26. The van der Waals surface area contributed by atoms with Crippen molar-refractivity contribution in [2.45, 2.75) is 33.6 Å². The van der Waals surface area contributed by atoms with Gasteiger partial charge in [0.25, 0.3) is 0 Å². The summed E-state index contributed by atoms with van der Waals surface area (Å²) < 4.78 is 4.91. The highest BCUT2D eigenvalue weighted by Crippen LogP contribution is 2.35. The zero-order chi connectivity index (χ0) is 17.0. The Balaban J connectivity index is 2.14. The molecule has 0 atom stereocenters. The van der Waals surface area contributed by atoms with Crippen molar-refractivity contribution < 1.29 is 19.4 Å². The highest BCUT2D eigenvalue weighted by molar-refractivity contribution is 6.14. The van der Waals surface area contributed by atoms with Crippen LogP contribution in [-0.2, 0) is 9.53 Å². The van der Waals surface area contributed by atoms with E-state index in [0.29, 0.717) is 30.7 Å². The maximum Gasteiger partial charge on any atom is 0.338 e. The summed E-state index contributed by atoms with van der Waals surface area (Å²) >= 11 is 0. The SMILES string of the molecule is CCOC(=O)c1ccc(N=CC2=C(O)CC(C)(C)CC2=O)cc1. The minimum atomic E-state index is -0.381. The molecule has 0 aliphatic heterocycles. The van der Waals surface area contributed by atoms with Gasteiger partial charge in [-0.3, -0.25) is 9.79 Å². The van der Waals surface area contributed by atoms with Gasteiger partial charge < -0.3 is 9.84 Å². The number of carbonyl (C=O) groups is 2. The van der Waals surface area contributed by atoms with Crippen molar-refractivity contribution in [3.63, 3.8) is 0 Å². The number of hydrogen-bond donors (Lipinski definition) is 1. The Hall–Kier alpha value is -2.43. The Kier molecular flexibility index (Phi) is 4.98. The van der Waals surface area contributed by atoms with Crippen LogP contribution in [0.4, 0.5) is 5.69 Å². The molecule has 0 unspecified atom stereocenters. The van der Waals surface area contributed by atoms with E-state index in [1.165, 1.54) is 6.21 Å². The second kappa shape index (κ2) is 6.77. The number of aliphatic hydroxyl groups excluding tert-OH is 1. The molecule has 1 aromatic rings. The van der Waals surface area contributed by atoms with Gasteiger partial charge >= 0.3 is 5.97 Å². The van der Waals surface area contributed by atoms with Gasteiger partial charge in [0.15, 0.2) is 5.78 Å². The molecular formula is C18H21NO4. The van der Waals surface area contributed by atoms with Crippen molar-refractivity contribution in [2.75, 3.05) is 6.61 Å². The number of aliphatic hydroxyl groups is 1. The van der Waals surface area contributed by atoms with E-state index in [1.807, 2.05) is 13.8 Å². The number of hydrogen-bond acceptors (Lipinski definition) is 5. The van der Waals surface area contributed by atoms with Gasteiger partial charge in [-0.2, -0.15) is 0 Å². The fourth-order valence-corrected chi connectivity index (χ4v) is 2.49. The Morgan fingerprint density at radius 2 is 1.96 bits per heavy atom. The molecule has 0 aromatic heterocycles. The zero-order valence-electron chi connectivity index (χ0n) is 13.6. The fourth-order valence-electron chi connectivity index (χ4n) is 2.49. The number of ketones is 1. The van der Waals surface area contributed by atoms with Crippen molar-refractivity contribution >= 4 is 23.7 Å². The lowest BCUT2D eigenvalue weighted by molar-refractivity contribution is -0.117. The Morgan fingerprint density at radius 1 is 1.30 bits per heavy atom. The van der Waals surface area contributed by atoms with Crippen LogP contribution >= 0.6 is 0 Å². The smallest absolute Gasteiger partial charge is 0.338 e. The maximum absolute atomic E-state index is 12.1. The summed E-state index contributed by atoms with van der Waals surface area (Å²) in [6, 6.07) is 6.56. The van der Waals surface area contributed by atoms with E-state index in [2.05, 4.69) is 4.99 Å². The van der Waals surface area contributed by atoms with Gasteiger partial charge in [0.1, 0.15) is 5.76 Å². The molecule has 0 amide bonds. The van der Waals surface area contributed by atoms with Gasteiger partial charge in [0.2, 0.25) is 0 Å². The van der Waals surface area contributed by atoms with Crippen LogP contribution < -0.4 is 0 Å². The highest BCUT2D eigenvalue weighted by Gasteiger charge is 2.32. The molecule has 1 aromatic carbocycles. The molecule has 0 heterocycles. The first-order valence-corrected chi connectivity index (χ1v) is 7.59. The summed E-state index contributed by atoms with van der Waals surface area (Å²) in [7, 11) is 0. The number of allylic oxidation sites excluding steroid dienone is 2. The molecule has 5 heteroatoms. The quantitative estimate of drug-likeness (QED) is 0.678. The van der Waals surface area contributed by atoms with Crippen molar-refractivity contribution in [3.8, 4) is 0 Å². The number of benzene rings is 1. The second-order valence-electron chi connectivity index (χ2n) is 6.33. The monoisotopic (exact) mass is 315 g/mol. The molecule has 0 fully saturated rings. The largest absolute Gasteiger partial charge is 0.511 e. The summed E-state index contributed by atoms with van der Waals surface area (Å²) in [4.78, 5) is 27.9. The molecule has 0 bridgehead atoms. The number of Topliss-reactive ketones (excluding diaryl/α,β-unsaturated/α-hetero) is 1. The second-order valence-corrected chi connectivity index (χ2v) is 6.33. The van der Waals surface area contributed by atoms with Gasteiger partial charge in [-0.05, 0) is 36.6 Å². The van der Waals surface area contributed by atoms with Crippen molar-refractivity contribution in [1.29, 1.82) is 0 Å². The molecule has 0 spiro atoms. The van der Waals surface area contributed by atoms with Crippen LogP contribution in [0.1, 0.15) is 44.0 Å². The van der Waals surface area contributed by atoms with Crippen molar-refractivity contribution in [1.82, 2.24) is 0 Å². The molecule has 1 N–H and O–H groups in total. The summed E-state index contributed by atoms with van der Waals surface area (Å²) in [5.41, 5.74) is 1.08. The normalized spacial score (nSPS) is 17.6. The van der Waals surface area contributed by atoms with E-state index in [0.717, 1.165) is 0 Å². The molecule has 1 aliphatic carbocycles. The molecule has 1 aliphatic rings. The minimum absolute atomic E-state index is 0.0816. The van der Waals surface area contributed by atoms with Gasteiger partial charge in [-0.15, -0.1) is 0 Å². The number of rotatable bonds is 4. The number of aliphatic imine (C=N–C) groups is 1. The number of ether oxygens (including phenoxy) is 1. The number of nitrogens with zero attached hydrogens (tertiary/aromatic N) is 1. The Morgan fingerprint density at radius 3 is 2.52 bits per heavy atom. The van der Waals surface area contributed by atoms with Crippen LogP contribution in [0.15, 0.2) is 40.6 Å². The molecule has 0 radical (unpaired) electrons. The van der Waals surface area contributed by atoms with Crippen LogP contribution in [-0.4, -0.2) is 29.7 Å². The standard InChI is InChI=1S/C18H21NO4/c1-4-23-17(22)12-5-7-13(8-6-12)19-11-14-15(20)9-18(2,3)10-16(14)21/h5-8,11,20H,4,9-10H2,1-3H3. The lowest BCUT2D eigenvalue weighted by atomic mass is 9.77. The van der Waals surface area contributed by atoms with Gasteiger partial charge in [-0.1, -0.05) is 13.8 Å². The first-order valence-electron chi connectivity index (χ1n) is 7.59. The molecule has 122 valence electrons. The third-order valence-electron chi connectivity index (χ3n) is 3.62. The predicted octanol–water partition coefficient (Wildman–Crippen LogP) is 3.77. The topological polar surface area (TPSA) is 76.0 Å². The summed E-state index contributed by atoms with van der Waals surface area (Å²) in [6.07, 6.45) is 2.24. The average Bonchev–Trinajstić information content (AvgIpc) is 2.46. The van der Waals surface area contributed by atoms with Crippen molar-refractivity contribution in [2.24, 2.45) is 10.4 Å². The molecular weight excluding hydrogens is 294 g/mol. The van der Waals surface area contributed by atoms with Crippen LogP contribution in [0.25, 0.3) is 0 Å². The zero-order valence-corrected chi connectivity index (χ0v) is 13.6. The average molecular weight is 315 g/mol. The molecule has 0 saturated carbocycles. The van der Waals surface area contributed by atoms with E-state index in [1.54, 1.807) is 31.2 Å². The molecule has 23 heavy (non-hydrogen) atoms. The van der Waals surface area contributed by atoms with Crippen LogP contribution in [0.3, 0.4) is 0 Å². The number of carbonyl (C=O) groups excluding carboxylic acids is 2.